The molecule has 110 valence electrons. The van der Waals surface area contributed by atoms with Crippen LogP contribution in [0.3, 0.4) is 0 Å². The van der Waals surface area contributed by atoms with E-state index in [1.165, 1.54) is 6.20 Å². The van der Waals surface area contributed by atoms with Crippen LogP contribution in [0.4, 0.5) is 5.69 Å². The lowest BCUT2D eigenvalue weighted by molar-refractivity contribution is 0.0940. The van der Waals surface area contributed by atoms with E-state index in [1.807, 2.05) is 6.92 Å². The van der Waals surface area contributed by atoms with Gasteiger partial charge in [-0.05, 0) is 30.7 Å². The van der Waals surface area contributed by atoms with Crippen LogP contribution in [0.5, 0.6) is 0 Å². The lowest BCUT2D eigenvalue weighted by Gasteiger charge is -2.17. The first-order valence-corrected chi connectivity index (χ1v) is 6.95. The fourth-order valence-corrected chi connectivity index (χ4v) is 2.48. The van der Waals surface area contributed by atoms with Gasteiger partial charge in [0.05, 0.1) is 17.3 Å². The number of amides is 1. The van der Waals surface area contributed by atoms with Crippen molar-refractivity contribution < 1.29 is 4.79 Å². The highest BCUT2D eigenvalue weighted by molar-refractivity contribution is 6.35. The molecule has 1 unspecified atom stereocenters. The highest BCUT2D eigenvalue weighted by atomic mass is 35.5. The van der Waals surface area contributed by atoms with Gasteiger partial charge in [-0.3, -0.25) is 15.6 Å². The van der Waals surface area contributed by atoms with Gasteiger partial charge in [0.25, 0.3) is 5.91 Å². The van der Waals surface area contributed by atoms with Crippen LogP contribution in [0.25, 0.3) is 0 Å². The first kappa shape index (κ1) is 15.6. The van der Waals surface area contributed by atoms with Gasteiger partial charge in [0.15, 0.2) is 0 Å². The lowest BCUT2D eigenvalue weighted by atomic mass is 10.1. The average molecular weight is 325 g/mol. The summed E-state index contributed by atoms with van der Waals surface area (Å²) in [5.74, 6) is 5.08. The zero-order chi connectivity index (χ0) is 15.4. The number of nitrogen functional groups attached to an aromatic ring is 1. The number of aromatic nitrogens is 1. The number of anilines is 1. The Morgan fingerprint density at radius 2 is 2.10 bits per heavy atom. The molecule has 2 rings (SSSR count). The number of nitrogens with one attached hydrogen (secondary N) is 2. The van der Waals surface area contributed by atoms with Gasteiger partial charge in [-0.15, -0.1) is 0 Å². The maximum absolute atomic E-state index is 12.3. The maximum Gasteiger partial charge on any atom is 0.255 e. The molecule has 0 bridgehead atoms. The van der Waals surface area contributed by atoms with Gasteiger partial charge in [0, 0.05) is 22.4 Å². The summed E-state index contributed by atoms with van der Waals surface area (Å²) in [6.07, 6.45) is 2.99. The molecule has 21 heavy (non-hydrogen) atoms. The van der Waals surface area contributed by atoms with E-state index in [9.17, 15) is 4.79 Å². The Balaban J connectivity index is 2.19. The highest BCUT2D eigenvalue weighted by Gasteiger charge is 2.16. The van der Waals surface area contributed by atoms with Crippen LogP contribution in [0.15, 0.2) is 36.7 Å². The molecule has 0 fully saturated rings. The summed E-state index contributed by atoms with van der Waals surface area (Å²) < 4.78 is 0. The van der Waals surface area contributed by atoms with Crippen LogP contribution in [0.2, 0.25) is 10.0 Å². The molecule has 4 N–H and O–H groups in total. The number of hydrazine groups is 1. The monoisotopic (exact) mass is 324 g/mol. The normalized spacial score (nSPS) is 11.8. The number of hydrogen-bond acceptors (Lipinski definition) is 4. The van der Waals surface area contributed by atoms with Crippen LogP contribution in [-0.2, 0) is 0 Å². The van der Waals surface area contributed by atoms with Crippen molar-refractivity contribution in [3.05, 3.63) is 57.8 Å². The predicted octanol–water partition coefficient (Wildman–Crippen LogP) is 3.17. The molecule has 1 aromatic carbocycles. The summed E-state index contributed by atoms with van der Waals surface area (Å²) in [5.41, 5.74) is 4.10. The van der Waals surface area contributed by atoms with Gasteiger partial charge < -0.3 is 10.7 Å². The van der Waals surface area contributed by atoms with E-state index < -0.39 is 0 Å². The largest absolute Gasteiger partial charge is 0.345 e. The van der Waals surface area contributed by atoms with Crippen molar-refractivity contribution in [3.8, 4) is 0 Å². The molecule has 0 saturated carbocycles. The number of pyridine rings is 1. The van der Waals surface area contributed by atoms with Gasteiger partial charge in [-0.2, -0.15) is 0 Å². The van der Waals surface area contributed by atoms with Gasteiger partial charge in [0.1, 0.15) is 0 Å². The van der Waals surface area contributed by atoms with Crippen molar-refractivity contribution in [2.45, 2.75) is 13.0 Å². The molecule has 1 atom stereocenters. The number of carbonyl (C=O) groups is 1. The van der Waals surface area contributed by atoms with E-state index in [-0.39, 0.29) is 11.9 Å². The Kier molecular flexibility index (Phi) is 5.01. The maximum atomic E-state index is 12.3. The highest BCUT2D eigenvalue weighted by Crippen LogP contribution is 2.26. The van der Waals surface area contributed by atoms with E-state index >= 15 is 0 Å². The zero-order valence-corrected chi connectivity index (χ0v) is 12.7. The van der Waals surface area contributed by atoms with E-state index in [1.54, 1.807) is 30.5 Å². The van der Waals surface area contributed by atoms with Gasteiger partial charge >= 0.3 is 0 Å². The molecule has 0 saturated heterocycles. The topological polar surface area (TPSA) is 80.0 Å². The molecule has 2 aromatic rings. The standard InChI is InChI=1S/C14H14Cl2N4O/c1-8(10-3-2-9(15)6-12(10)16)19-14(21)11-7-18-5-4-13(11)20-17/h2-8H,17H2,1H3,(H,18,20)(H,19,21). The number of rotatable bonds is 4. The first-order chi connectivity index (χ1) is 10.0. The minimum atomic E-state index is -0.297. The zero-order valence-electron chi connectivity index (χ0n) is 11.2. The van der Waals surface area contributed by atoms with E-state index in [0.29, 0.717) is 21.3 Å². The lowest BCUT2D eigenvalue weighted by Crippen LogP contribution is -2.28. The van der Waals surface area contributed by atoms with Crippen molar-refractivity contribution in [2.24, 2.45) is 5.84 Å². The Morgan fingerprint density at radius 3 is 2.76 bits per heavy atom. The summed E-state index contributed by atoms with van der Waals surface area (Å²) in [5, 5.41) is 3.89. The second-order valence-corrected chi connectivity index (χ2v) is 5.27. The molecule has 0 radical (unpaired) electrons. The molecule has 5 nitrogen and oxygen atoms in total. The first-order valence-electron chi connectivity index (χ1n) is 6.19. The number of nitrogens with zero attached hydrogens (tertiary/aromatic N) is 1. The summed E-state index contributed by atoms with van der Waals surface area (Å²) >= 11 is 12.0. The third kappa shape index (κ3) is 3.64. The molecule has 7 heteroatoms. The molecular formula is C14H14Cl2N4O. The van der Waals surface area contributed by atoms with Crippen LogP contribution >= 0.6 is 23.2 Å². The number of benzene rings is 1. The molecule has 0 spiro atoms. The van der Waals surface area contributed by atoms with Crippen molar-refractivity contribution in [1.82, 2.24) is 10.3 Å². The average Bonchev–Trinajstić information content (AvgIpc) is 2.46. The summed E-state index contributed by atoms with van der Waals surface area (Å²) in [7, 11) is 0. The van der Waals surface area contributed by atoms with Crippen LogP contribution in [-0.4, -0.2) is 10.9 Å². The molecular weight excluding hydrogens is 311 g/mol. The molecule has 1 heterocycles. The number of halogens is 2. The van der Waals surface area contributed by atoms with Crippen molar-refractivity contribution in [3.63, 3.8) is 0 Å². The third-order valence-corrected chi connectivity index (χ3v) is 3.56. The summed E-state index contributed by atoms with van der Waals surface area (Å²) in [4.78, 5) is 16.2. The Labute approximate surface area is 132 Å². The summed E-state index contributed by atoms with van der Waals surface area (Å²) in [6.45, 7) is 1.83. The number of carbonyl (C=O) groups excluding carboxylic acids is 1. The summed E-state index contributed by atoms with van der Waals surface area (Å²) in [6, 6.07) is 6.48. The van der Waals surface area contributed by atoms with Crippen molar-refractivity contribution in [1.29, 1.82) is 0 Å². The molecule has 1 amide bonds. The number of hydrogen-bond donors (Lipinski definition) is 3. The molecule has 0 aliphatic rings. The Morgan fingerprint density at radius 1 is 1.33 bits per heavy atom. The fraction of sp³-hybridized carbons (Fsp3) is 0.143. The van der Waals surface area contributed by atoms with E-state index in [0.717, 1.165) is 5.56 Å². The SMILES string of the molecule is CC(NC(=O)c1cnccc1NN)c1ccc(Cl)cc1Cl. The molecule has 0 aliphatic heterocycles. The van der Waals surface area contributed by atoms with Crippen LogP contribution < -0.4 is 16.6 Å². The fourth-order valence-electron chi connectivity index (χ4n) is 1.91. The van der Waals surface area contributed by atoms with Gasteiger partial charge in [-0.25, -0.2) is 0 Å². The van der Waals surface area contributed by atoms with Crippen LogP contribution in [0, 0.1) is 0 Å². The molecule has 0 aliphatic carbocycles. The quantitative estimate of drug-likeness (QED) is 0.596. The minimum absolute atomic E-state index is 0.284. The predicted molar refractivity (Wildman–Crippen MR) is 84.4 cm³/mol. The Hall–Kier alpha value is -1.82. The minimum Gasteiger partial charge on any atom is -0.345 e. The van der Waals surface area contributed by atoms with Crippen LogP contribution in [0.1, 0.15) is 28.9 Å². The van der Waals surface area contributed by atoms with Gasteiger partial charge in [-0.1, -0.05) is 29.3 Å². The van der Waals surface area contributed by atoms with E-state index in [4.69, 9.17) is 29.0 Å². The smallest absolute Gasteiger partial charge is 0.255 e. The van der Waals surface area contributed by atoms with Gasteiger partial charge in [0.2, 0.25) is 0 Å². The number of nitrogens with two attached hydrogens (primary N) is 1. The van der Waals surface area contributed by atoms with E-state index in [2.05, 4.69) is 15.7 Å². The third-order valence-electron chi connectivity index (χ3n) is 3.00. The second kappa shape index (κ2) is 6.76. The molecule has 1 aromatic heterocycles. The van der Waals surface area contributed by atoms with Crippen molar-refractivity contribution >= 4 is 34.8 Å². The Bertz CT molecular complexity index is 663. The second-order valence-electron chi connectivity index (χ2n) is 4.43. The van der Waals surface area contributed by atoms with Crippen molar-refractivity contribution in [2.75, 3.05) is 5.43 Å².